The van der Waals surface area contributed by atoms with E-state index in [-0.39, 0.29) is 16.8 Å². The van der Waals surface area contributed by atoms with Crippen LogP contribution in [0.4, 0.5) is 22.0 Å². The summed E-state index contributed by atoms with van der Waals surface area (Å²) in [6, 6.07) is 10.1. The second kappa shape index (κ2) is 8.38. The Bertz CT molecular complexity index is 1080. The van der Waals surface area contributed by atoms with E-state index in [1.807, 2.05) is 25.1 Å². The quantitative estimate of drug-likeness (QED) is 0.311. The Morgan fingerprint density at radius 1 is 0.929 bits per heavy atom. The Morgan fingerprint density at radius 3 is 2.39 bits per heavy atom. The summed E-state index contributed by atoms with van der Waals surface area (Å²) >= 11 is 0. The average Bonchev–Trinajstić information content (AvgIpc) is 2.65. The van der Waals surface area contributed by atoms with E-state index in [1.165, 1.54) is 24.3 Å². The summed E-state index contributed by atoms with van der Waals surface area (Å²) in [7, 11) is 0. The molecule has 0 bridgehead atoms. The van der Waals surface area contributed by atoms with Crippen molar-refractivity contribution >= 4 is 16.8 Å². The van der Waals surface area contributed by atoms with Crippen LogP contribution in [-0.2, 0) is 6.42 Å². The van der Waals surface area contributed by atoms with Crippen molar-refractivity contribution in [2.75, 3.05) is 0 Å². The number of rotatable bonds is 5. The Hall–Kier alpha value is -2.95. The van der Waals surface area contributed by atoms with E-state index in [0.717, 1.165) is 18.1 Å². The van der Waals surface area contributed by atoms with Crippen molar-refractivity contribution < 1.29 is 22.0 Å². The van der Waals surface area contributed by atoms with E-state index in [4.69, 9.17) is 0 Å². The third-order valence-corrected chi connectivity index (χ3v) is 4.50. The van der Waals surface area contributed by atoms with Crippen molar-refractivity contribution in [3.05, 3.63) is 89.3 Å². The highest BCUT2D eigenvalue weighted by Crippen LogP contribution is 2.31. The number of fused-ring (bicyclic) bond motifs is 1. The zero-order valence-corrected chi connectivity index (χ0v) is 15.1. The third kappa shape index (κ3) is 4.14. The van der Waals surface area contributed by atoms with E-state index in [9.17, 15) is 22.0 Å². The largest absolute Gasteiger partial charge is 0.271 e. The Morgan fingerprint density at radius 2 is 1.71 bits per heavy atom. The van der Waals surface area contributed by atoms with E-state index < -0.39 is 29.1 Å². The van der Waals surface area contributed by atoms with Crippen molar-refractivity contribution in [3.63, 3.8) is 0 Å². The van der Waals surface area contributed by atoms with Gasteiger partial charge in [0.15, 0.2) is 0 Å². The smallest absolute Gasteiger partial charge is 0.206 e. The molecule has 0 aliphatic heterocycles. The third-order valence-electron chi connectivity index (χ3n) is 4.50. The molecule has 0 heterocycles. The van der Waals surface area contributed by atoms with Gasteiger partial charge in [0.2, 0.25) is 0 Å². The standard InChI is InChI=1S/C23H17F5/c1-2-3-4-5-14-6-8-17(20(24)10-14)15-7-9-18-16(11-15)12-21(25)19(23(18)28)13-22(26)27/h2-3,6-13H,4-5H2,1H3/b3-2+. The number of hydrogen-bond acceptors (Lipinski definition) is 0. The van der Waals surface area contributed by atoms with Crippen molar-refractivity contribution in [2.24, 2.45) is 0 Å². The maximum atomic E-state index is 14.6. The van der Waals surface area contributed by atoms with Crippen molar-refractivity contribution in [3.8, 4) is 11.1 Å². The maximum Gasteiger partial charge on any atom is 0.271 e. The van der Waals surface area contributed by atoms with Gasteiger partial charge in [0.25, 0.3) is 6.08 Å². The highest BCUT2D eigenvalue weighted by Gasteiger charge is 2.15. The molecule has 3 aromatic carbocycles. The van der Waals surface area contributed by atoms with Gasteiger partial charge in [-0.3, -0.25) is 0 Å². The monoisotopic (exact) mass is 388 g/mol. The van der Waals surface area contributed by atoms with Crippen LogP contribution in [0.3, 0.4) is 0 Å². The lowest BCUT2D eigenvalue weighted by molar-refractivity contribution is 0.428. The minimum absolute atomic E-state index is 0.0129. The van der Waals surface area contributed by atoms with E-state index in [0.29, 0.717) is 17.5 Å². The molecule has 0 saturated carbocycles. The lowest BCUT2D eigenvalue weighted by atomic mass is 9.97. The van der Waals surface area contributed by atoms with Crippen LogP contribution < -0.4 is 0 Å². The second-order valence-electron chi connectivity index (χ2n) is 6.38. The highest BCUT2D eigenvalue weighted by molar-refractivity contribution is 5.90. The molecule has 0 aromatic heterocycles. The van der Waals surface area contributed by atoms with E-state index >= 15 is 0 Å². The van der Waals surface area contributed by atoms with Gasteiger partial charge in [-0.15, -0.1) is 0 Å². The van der Waals surface area contributed by atoms with Gasteiger partial charge < -0.3 is 0 Å². The van der Waals surface area contributed by atoms with Gasteiger partial charge >= 0.3 is 0 Å². The fraction of sp³-hybridized carbons (Fsp3) is 0.130. The van der Waals surface area contributed by atoms with Gasteiger partial charge in [0.1, 0.15) is 17.5 Å². The van der Waals surface area contributed by atoms with Crippen LogP contribution >= 0.6 is 0 Å². The Balaban J connectivity index is 2.02. The molecule has 0 saturated heterocycles. The van der Waals surface area contributed by atoms with Gasteiger partial charge in [-0.05, 0) is 54.5 Å². The molecule has 0 nitrogen and oxygen atoms in total. The molecule has 0 radical (unpaired) electrons. The topological polar surface area (TPSA) is 0 Å². The lowest BCUT2D eigenvalue weighted by Gasteiger charge is -2.10. The fourth-order valence-electron chi connectivity index (χ4n) is 3.12. The first kappa shape index (κ1) is 19.8. The van der Waals surface area contributed by atoms with E-state index in [1.54, 1.807) is 6.07 Å². The van der Waals surface area contributed by atoms with Crippen LogP contribution in [0.1, 0.15) is 24.5 Å². The summed E-state index contributed by atoms with van der Waals surface area (Å²) in [4.78, 5) is 0. The molecule has 0 atom stereocenters. The minimum Gasteiger partial charge on any atom is -0.206 e. The molecule has 0 amide bonds. The molecule has 3 aromatic rings. The number of benzene rings is 3. The van der Waals surface area contributed by atoms with Crippen molar-refractivity contribution in [1.82, 2.24) is 0 Å². The zero-order valence-electron chi connectivity index (χ0n) is 15.1. The van der Waals surface area contributed by atoms with E-state index in [2.05, 4.69) is 0 Å². The Kier molecular flexibility index (Phi) is 5.93. The van der Waals surface area contributed by atoms with Gasteiger partial charge in [-0.25, -0.2) is 13.2 Å². The van der Waals surface area contributed by atoms with Crippen LogP contribution in [0.15, 0.2) is 60.7 Å². The summed E-state index contributed by atoms with van der Waals surface area (Å²) in [5.41, 5.74) is 0.805. The number of hydrogen-bond donors (Lipinski definition) is 0. The van der Waals surface area contributed by atoms with Gasteiger partial charge in [0, 0.05) is 17.0 Å². The first-order chi connectivity index (χ1) is 13.4. The summed E-state index contributed by atoms with van der Waals surface area (Å²) in [5.74, 6) is -2.61. The number of halogens is 5. The van der Waals surface area contributed by atoms with Crippen LogP contribution in [0.25, 0.3) is 28.0 Å². The predicted molar refractivity (Wildman–Crippen MR) is 103 cm³/mol. The van der Waals surface area contributed by atoms with Crippen LogP contribution in [0.5, 0.6) is 0 Å². The molecule has 28 heavy (non-hydrogen) atoms. The summed E-state index contributed by atoms with van der Waals surface area (Å²) in [6.45, 7) is 1.92. The molecular weight excluding hydrogens is 371 g/mol. The fourth-order valence-corrected chi connectivity index (χ4v) is 3.12. The molecule has 0 aliphatic carbocycles. The number of allylic oxidation sites excluding steroid dienone is 2. The first-order valence-electron chi connectivity index (χ1n) is 8.75. The molecule has 0 unspecified atom stereocenters. The minimum atomic E-state index is -2.19. The second-order valence-corrected chi connectivity index (χ2v) is 6.38. The molecule has 0 fully saturated rings. The van der Waals surface area contributed by atoms with Gasteiger partial charge in [-0.2, -0.15) is 8.78 Å². The molecule has 3 rings (SSSR count). The predicted octanol–water partition coefficient (Wildman–Crippen LogP) is 7.67. The highest BCUT2D eigenvalue weighted by atomic mass is 19.3. The summed E-state index contributed by atoms with van der Waals surface area (Å²) in [5, 5.41) is 0.154. The van der Waals surface area contributed by atoms with Gasteiger partial charge in [0.05, 0.1) is 5.56 Å². The van der Waals surface area contributed by atoms with Crippen LogP contribution in [0.2, 0.25) is 0 Å². The molecule has 0 aliphatic rings. The lowest BCUT2D eigenvalue weighted by Crippen LogP contribution is -1.93. The first-order valence-corrected chi connectivity index (χ1v) is 8.75. The van der Waals surface area contributed by atoms with Crippen molar-refractivity contribution in [2.45, 2.75) is 19.8 Å². The zero-order chi connectivity index (χ0) is 20.3. The SMILES string of the molecule is C/C=C/CCc1ccc(-c2ccc3c(F)c(C=C(F)F)c(F)cc3c2)c(F)c1. The molecule has 144 valence electrons. The maximum absolute atomic E-state index is 14.6. The van der Waals surface area contributed by atoms with Crippen molar-refractivity contribution in [1.29, 1.82) is 0 Å². The average molecular weight is 388 g/mol. The summed E-state index contributed by atoms with van der Waals surface area (Å²) in [6.07, 6.45) is 3.41. The van der Waals surface area contributed by atoms with Gasteiger partial charge in [-0.1, -0.05) is 36.4 Å². The van der Waals surface area contributed by atoms with Crippen LogP contribution in [0, 0.1) is 17.5 Å². The number of aryl methyl sites for hydroxylation is 1. The Labute approximate surface area is 159 Å². The molecule has 5 heteroatoms. The summed E-state index contributed by atoms with van der Waals surface area (Å²) < 4.78 is 67.9. The molecule has 0 N–H and O–H groups in total. The molecule has 0 spiro atoms. The molecular formula is C23H17F5. The van der Waals surface area contributed by atoms with Crippen LogP contribution in [-0.4, -0.2) is 0 Å². The normalized spacial score (nSPS) is 11.4.